The van der Waals surface area contributed by atoms with Crippen LogP contribution in [0.3, 0.4) is 0 Å². The first-order chi connectivity index (χ1) is 12.7. The number of hydrogen-bond acceptors (Lipinski definition) is 3. The molecule has 1 heterocycles. The van der Waals surface area contributed by atoms with Gasteiger partial charge in [0.05, 0.1) is 18.6 Å². The van der Waals surface area contributed by atoms with Gasteiger partial charge in [0.1, 0.15) is 5.75 Å². The molecule has 0 bridgehead atoms. The van der Waals surface area contributed by atoms with Gasteiger partial charge in [0.2, 0.25) is 5.91 Å². The van der Waals surface area contributed by atoms with Crippen LogP contribution in [-0.2, 0) is 16.6 Å². The number of benzene rings is 2. The fourth-order valence-corrected chi connectivity index (χ4v) is 3.67. The van der Waals surface area contributed by atoms with Crippen LogP contribution in [0.1, 0.15) is 30.4 Å². The van der Waals surface area contributed by atoms with Crippen LogP contribution in [0.5, 0.6) is 5.75 Å². The van der Waals surface area contributed by atoms with Crippen LogP contribution in [0.2, 0.25) is 0 Å². The van der Waals surface area contributed by atoms with E-state index >= 15 is 0 Å². The summed E-state index contributed by atoms with van der Waals surface area (Å²) in [5, 5.41) is 9.76. The third-order valence-corrected chi connectivity index (χ3v) is 5.31. The standard InChI is InChI=1S/C22H24N2O2/c1-26-20-10-6-5-7-18(20)11-12-21(25)24-15-13-22(17-23,14-16-24)19-8-3-2-4-9-19/h2-10H,11-16H2,1H3. The first-order valence-corrected chi connectivity index (χ1v) is 9.05. The molecule has 4 heteroatoms. The molecule has 3 rings (SSSR count). The van der Waals surface area contributed by atoms with E-state index in [1.807, 2.05) is 59.5 Å². The van der Waals surface area contributed by atoms with E-state index in [-0.39, 0.29) is 5.91 Å². The van der Waals surface area contributed by atoms with Crippen LogP contribution in [0, 0.1) is 11.3 Å². The number of carbonyl (C=O) groups is 1. The number of amides is 1. The zero-order valence-corrected chi connectivity index (χ0v) is 15.1. The van der Waals surface area contributed by atoms with Crippen molar-refractivity contribution in [3.8, 4) is 11.8 Å². The lowest BCUT2D eigenvalue weighted by Crippen LogP contribution is -2.44. The molecule has 134 valence electrons. The van der Waals surface area contributed by atoms with E-state index in [9.17, 15) is 10.1 Å². The Morgan fingerprint density at radius 2 is 1.77 bits per heavy atom. The Labute approximate surface area is 155 Å². The first-order valence-electron chi connectivity index (χ1n) is 9.05. The molecule has 2 aromatic rings. The Morgan fingerprint density at radius 1 is 1.12 bits per heavy atom. The topological polar surface area (TPSA) is 53.3 Å². The summed E-state index contributed by atoms with van der Waals surface area (Å²) in [7, 11) is 1.65. The lowest BCUT2D eigenvalue weighted by molar-refractivity contribution is -0.132. The van der Waals surface area contributed by atoms with Crippen molar-refractivity contribution in [2.45, 2.75) is 31.1 Å². The number of methoxy groups -OCH3 is 1. The molecule has 0 saturated carbocycles. The number of nitriles is 1. The Kier molecular flexibility index (Phi) is 5.58. The Bertz CT molecular complexity index is 787. The summed E-state index contributed by atoms with van der Waals surface area (Å²) in [6, 6.07) is 20.3. The summed E-state index contributed by atoms with van der Waals surface area (Å²) in [5.74, 6) is 0.974. The van der Waals surface area contributed by atoms with Gasteiger partial charge in [0, 0.05) is 19.5 Å². The summed E-state index contributed by atoms with van der Waals surface area (Å²) in [6.07, 6.45) is 2.51. The number of ether oxygens (including phenoxy) is 1. The molecule has 0 atom stereocenters. The van der Waals surface area contributed by atoms with Crippen LogP contribution in [0.25, 0.3) is 0 Å². The van der Waals surface area contributed by atoms with Gasteiger partial charge in [-0.3, -0.25) is 4.79 Å². The number of piperidine rings is 1. The zero-order valence-electron chi connectivity index (χ0n) is 15.1. The van der Waals surface area contributed by atoms with Crippen molar-refractivity contribution in [1.82, 2.24) is 4.90 Å². The molecule has 0 N–H and O–H groups in total. The molecule has 1 aliphatic rings. The summed E-state index contributed by atoms with van der Waals surface area (Å²) in [5.41, 5.74) is 1.64. The van der Waals surface area contributed by atoms with E-state index in [1.54, 1.807) is 7.11 Å². The predicted octanol–water partition coefficient (Wildman–Crippen LogP) is 3.71. The summed E-state index contributed by atoms with van der Waals surface area (Å²) >= 11 is 0. The molecule has 0 radical (unpaired) electrons. The fraction of sp³-hybridized carbons (Fsp3) is 0.364. The third kappa shape index (κ3) is 3.72. The average Bonchev–Trinajstić information content (AvgIpc) is 2.73. The van der Waals surface area contributed by atoms with Gasteiger partial charge in [0.15, 0.2) is 0 Å². The molecule has 0 spiro atoms. The smallest absolute Gasteiger partial charge is 0.222 e. The molecular formula is C22H24N2O2. The minimum absolute atomic E-state index is 0.149. The number of nitrogens with zero attached hydrogens (tertiary/aromatic N) is 2. The minimum Gasteiger partial charge on any atom is -0.496 e. The quantitative estimate of drug-likeness (QED) is 0.828. The number of rotatable bonds is 5. The highest BCUT2D eigenvalue weighted by molar-refractivity contribution is 5.76. The van der Waals surface area contributed by atoms with Gasteiger partial charge in [-0.25, -0.2) is 0 Å². The van der Waals surface area contributed by atoms with E-state index in [2.05, 4.69) is 6.07 Å². The maximum Gasteiger partial charge on any atom is 0.222 e. The van der Waals surface area contributed by atoms with Gasteiger partial charge in [0.25, 0.3) is 0 Å². The van der Waals surface area contributed by atoms with Crippen molar-refractivity contribution >= 4 is 5.91 Å². The molecule has 1 saturated heterocycles. The van der Waals surface area contributed by atoms with Gasteiger partial charge in [-0.05, 0) is 36.5 Å². The minimum atomic E-state index is -0.472. The van der Waals surface area contributed by atoms with Crippen LogP contribution in [0.15, 0.2) is 54.6 Å². The van der Waals surface area contributed by atoms with Gasteiger partial charge >= 0.3 is 0 Å². The SMILES string of the molecule is COc1ccccc1CCC(=O)N1CCC(C#N)(c2ccccc2)CC1. The number of aryl methyl sites for hydroxylation is 1. The summed E-state index contributed by atoms with van der Waals surface area (Å²) in [4.78, 5) is 14.5. The first kappa shape index (κ1) is 18.0. The molecule has 1 fully saturated rings. The van der Waals surface area contributed by atoms with Crippen LogP contribution in [-0.4, -0.2) is 31.0 Å². The van der Waals surface area contributed by atoms with E-state index in [4.69, 9.17) is 4.74 Å². The normalized spacial score (nSPS) is 15.9. The maximum atomic E-state index is 12.6. The number of carbonyl (C=O) groups excluding carboxylic acids is 1. The van der Waals surface area contributed by atoms with E-state index in [1.165, 1.54) is 0 Å². The highest BCUT2D eigenvalue weighted by Gasteiger charge is 2.37. The molecule has 1 aliphatic heterocycles. The van der Waals surface area contributed by atoms with Gasteiger partial charge in [-0.15, -0.1) is 0 Å². The van der Waals surface area contributed by atoms with E-state index < -0.39 is 5.41 Å². The van der Waals surface area contributed by atoms with Crippen molar-refractivity contribution in [2.24, 2.45) is 0 Å². The largest absolute Gasteiger partial charge is 0.496 e. The molecule has 0 unspecified atom stereocenters. The predicted molar refractivity (Wildman–Crippen MR) is 101 cm³/mol. The number of likely N-dealkylation sites (tertiary alicyclic amines) is 1. The second-order valence-corrected chi connectivity index (χ2v) is 6.75. The van der Waals surface area contributed by atoms with Crippen molar-refractivity contribution in [2.75, 3.05) is 20.2 Å². The number of para-hydroxylation sites is 1. The lowest BCUT2D eigenvalue weighted by atomic mass is 9.74. The maximum absolute atomic E-state index is 12.6. The Balaban J connectivity index is 1.59. The molecule has 0 aliphatic carbocycles. The van der Waals surface area contributed by atoms with Gasteiger partial charge in [-0.2, -0.15) is 5.26 Å². The van der Waals surface area contributed by atoms with Crippen LogP contribution < -0.4 is 4.74 Å². The monoisotopic (exact) mass is 348 g/mol. The van der Waals surface area contributed by atoms with Crippen LogP contribution in [0.4, 0.5) is 0 Å². The van der Waals surface area contributed by atoms with E-state index in [0.717, 1.165) is 16.9 Å². The lowest BCUT2D eigenvalue weighted by Gasteiger charge is -2.37. The molecular weight excluding hydrogens is 324 g/mol. The highest BCUT2D eigenvalue weighted by atomic mass is 16.5. The summed E-state index contributed by atoms with van der Waals surface area (Å²) < 4.78 is 5.35. The second kappa shape index (κ2) is 8.05. The van der Waals surface area contributed by atoms with Crippen molar-refractivity contribution < 1.29 is 9.53 Å². The van der Waals surface area contributed by atoms with Crippen LogP contribution >= 0.6 is 0 Å². The van der Waals surface area contributed by atoms with Gasteiger partial charge in [-0.1, -0.05) is 48.5 Å². The summed E-state index contributed by atoms with van der Waals surface area (Å²) in [6.45, 7) is 1.26. The second-order valence-electron chi connectivity index (χ2n) is 6.75. The third-order valence-electron chi connectivity index (χ3n) is 5.31. The van der Waals surface area contributed by atoms with E-state index in [0.29, 0.717) is 38.8 Å². The molecule has 0 aromatic heterocycles. The molecule has 26 heavy (non-hydrogen) atoms. The fourth-order valence-electron chi connectivity index (χ4n) is 3.67. The van der Waals surface area contributed by atoms with Crippen molar-refractivity contribution in [1.29, 1.82) is 5.26 Å². The number of hydrogen-bond donors (Lipinski definition) is 0. The zero-order chi connectivity index (χ0) is 18.4. The molecule has 1 amide bonds. The molecule has 4 nitrogen and oxygen atoms in total. The van der Waals surface area contributed by atoms with Crippen molar-refractivity contribution in [3.63, 3.8) is 0 Å². The highest BCUT2D eigenvalue weighted by Crippen LogP contribution is 2.35. The van der Waals surface area contributed by atoms with Gasteiger partial charge < -0.3 is 9.64 Å². The average molecular weight is 348 g/mol. The molecule has 2 aromatic carbocycles. The Morgan fingerprint density at radius 3 is 2.42 bits per heavy atom. The van der Waals surface area contributed by atoms with Crippen molar-refractivity contribution in [3.05, 3.63) is 65.7 Å². The Hall–Kier alpha value is -2.80.